The van der Waals surface area contributed by atoms with Crippen molar-refractivity contribution in [1.29, 1.82) is 0 Å². The summed E-state index contributed by atoms with van der Waals surface area (Å²) in [4.78, 5) is 21.9. The van der Waals surface area contributed by atoms with Gasteiger partial charge in [-0.25, -0.2) is 4.98 Å². The number of hydrogen-bond acceptors (Lipinski definition) is 5. The van der Waals surface area contributed by atoms with Gasteiger partial charge in [-0.3, -0.25) is 9.48 Å². The van der Waals surface area contributed by atoms with Crippen LogP contribution in [0.4, 0.5) is 5.13 Å². The maximum Gasteiger partial charge on any atom is 0.257 e. The lowest BCUT2D eigenvalue weighted by Crippen LogP contribution is -2.48. The number of nitrogens with zero attached hydrogens (tertiary/aromatic N) is 5. The third-order valence-corrected chi connectivity index (χ3v) is 6.64. The Morgan fingerprint density at radius 1 is 1.33 bits per heavy atom. The molecule has 0 radical (unpaired) electrons. The van der Waals surface area contributed by atoms with E-state index in [-0.39, 0.29) is 11.9 Å². The molecule has 1 aliphatic heterocycles. The largest absolute Gasteiger partial charge is 0.346 e. The van der Waals surface area contributed by atoms with E-state index in [9.17, 15) is 4.79 Å². The number of piperidine rings is 1. The number of carbonyl (C=O) groups is 1. The first kappa shape index (κ1) is 18.0. The molecule has 142 valence electrons. The van der Waals surface area contributed by atoms with Gasteiger partial charge in [0.1, 0.15) is 0 Å². The zero-order chi connectivity index (χ0) is 19.1. The molecular formula is C20H25N5OS. The molecule has 1 atom stereocenters. The second kappa shape index (κ2) is 6.96. The number of fused-ring (bicyclic) bond motifs is 1. The molecule has 0 bridgehead atoms. The predicted octanol–water partition coefficient (Wildman–Crippen LogP) is 3.39. The Labute approximate surface area is 163 Å². The van der Waals surface area contributed by atoms with E-state index < -0.39 is 0 Å². The molecule has 2 aromatic heterocycles. The summed E-state index contributed by atoms with van der Waals surface area (Å²) in [7, 11) is 3.73. The van der Waals surface area contributed by atoms with Crippen molar-refractivity contribution in [2.75, 3.05) is 25.0 Å². The topological polar surface area (TPSA) is 54.3 Å². The van der Waals surface area contributed by atoms with Gasteiger partial charge in [0.15, 0.2) is 5.13 Å². The van der Waals surface area contributed by atoms with Crippen molar-refractivity contribution in [3.63, 3.8) is 0 Å². The monoisotopic (exact) mass is 383 g/mol. The fourth-order valence-corrected chi connectivity index (χ4v) is 4.76. The van der Waals surface area contributed by atoms with Gasteiger partial charge in [-0.15, -0.1) is 0 Å². The van der Waals surface area contributed by atoms with Crippen LogP contribution in [-0.4, -0.2) is 51.8 Å². The van der Waals surface area contributed by atoms with Crippen molar-refractivity contribution in [3.8, 4) is 0 Å². The van der Waals surface area contributed by atoms with Crippen LogP contribution in [0.2, 0.25) is 0 Å². The fourth-order valence-electron chi connectivity index (χ4n) is 3.70. The number of aryl methyl sites for hydroxylation is 3. The molecule has 6 nitrogen and oxygen atoms in total. The van der Waals surface area contributed by atoms with E-state index in [1.807, 2.05) is 19.0 Å². The molecule has 0 aliphatic carbocycles. The number of amides is 1. The molecule has 1 unspecified atom stereocenters. The number of benzene rings is 1. The predicted molar refractivity (Wildman–Crippen MR) is 110 cm³/mol. The maximum absolute atomic E-state index is 12.8. The highest BCUT2D eigenvalue weighted by Gasteiger charge is 2.28. The van der Waals surface area contributed by atoms with E-state index in [1.165, 1.54) is 15.8 Å². The number of thiazole rings is 1. The normalized spacial score (nSPS) is 17.5. The number of likely N-dealkylation sites (N-methyl/N-ethyl adjacent to an activating group) is 1. The van der Waals surface area contributed by atoms with E-state index in [0.29, 0.717) is 5.56 Å². The lowest BCUT2D eigenvalue weighted by atomic mass is 10.0. The van der Waals surface area contributed by atoms with Crippen LogP contribution in [0.15, 0.2) is 24.5 Å². The first-order valence-electron chi connectivity index (χ1n) is 9.31. The Kier molecular flexibility index (Phi) is 4.63. The van der Waals surface area contributed by atoms with Gasteiger partial charge in [-0.05, 0) is 43.9 Å². The number of anilines is 1. The second-order valence-electron chi connectivity index (χ2n) is 7.41. The highest BCUT2D eigenvalue weighted by Crippen LogP contribution is 2.33. The van der Waals surface area contributed by atoms with Crippen LogP contribution in [0.5, 0.6) is 0 Å². The van der Waals surface area contributed by atoms with E-state index in [4.69, 9.17) is 4.98 Å². The maximum atomic E-state index is 12.8. The van der Waals surface area contributed by atoms with Gasteiger partial charge in [0.25, 0.3) is 5.91 Å². The molecule has 0 N–H and O–H groups in total. The molecule has 3 heterocycles. The Morgan fingerprint density at radius 3 is 2.89 bits per heavy atom. The fraction of sp³-hybridized carbons (Fsp3) is 0.450. The summed E-state index contributed by atoms with van der Waals surface area (Å²) in [6, 6.07) is 4.51. The minimum Gasteiger partial charge on any atom is -0.346 e. The number of hydrogen-bond donors (Lipinski definition) is 0. The highest BCUT2D eigenvalue weighted by atomic mass is 32.1. The average molecular weight is 384 g/mol. The Bertz CT molecular complexity index is 992. The summed E-state index contributed by atoms with van der Waals surface area (Å²) in [5.74, 6) is 0.0331. The van der Waals surface area contributed by atoms with Crippen LogP contribution < -0.4 is 4.90 Å². The van der Waals surface area contributed by atoms with Crippen molar-refractivity contribution < 1.29 is 4.79 Å². The van der Waals surface area contributed by atoms with Crippen molar-refractivity contribution in [2.24, 2.45) is 7.05 Å². The van der Waals surface area contributed by atoms with E-state index >= 15 is 0 Å². The van der Waals surface area contributed by atoms with Gasteiger partial charge < -0.3 is 9.80 Å². The number of aromatic nitrogens is 3. The van der Waals surface area contributed by atoms with Crippen LogP contribution >= 0.6 is 11.3 Å². The lowest BCUT2D eigenvalue weighted by molar-refractivity contribution is 0.0717. The summed E-state index contributed by atoms with van der Waals surface area (Å²) in [6.07, 6.45) is 5.49. The van der Waals surface area contributed by atoms with Gasteiger partial charge in [0.05, 0.1) is 22.0 Å². The van der Waals surface area contributed by atoms with Crippen LogP contribution in [0.3, 0.4) is 0 Å². The zero-order valence-corrected chi connectivity index (χ0v) is 17.1. The van der Waals surface area contributed by atoms with Crippen LogP contribution in [0.25, 0.3) is 10.2 Å². The molecule has 1 aromatic carbocycles. The van der Waals surface area contributed by atoms with Crippen molar-refractivity contribution in [1.82, 2.24) is 19.7 Å². The zero-order valence-electron chi connectivity index (χ0n) is 16.3. The molecular weight excluding hydrogens is 358 g/mol. The Morgan fingerprint density at radius 2 is 2.15 bits per heavy atom. The van der Waals surface area contributed by atoms with Crippen molar-refractivity contribution in [2.45, 2.75) is 32.7 Å². The van der Waals surface area contributed by atoms with Crippen LogP contribution in [-0.2, 0) is 7.05 Å². The molecule has 1 saturated heterocycles. The minimum atomic E-state index is 0.0331. The van der Waals surface area contributed by atoms with E-state index in [0.717, 1.165) is 36.6 Å². The first-order valence-corrected chi connectivity index (χ1v) is 10.1. The molecule has 27 heavy (non-hydrogen) atoms. The molecule has 1 aliphatic rings. The minimum absolute atomic E-state index is 0.0331. The molecule has 1 fully saturated rings. The standard InChI is InChI=1S/C20H25N5OS/c1-13-7-8-17-18(14(13)2)22-20(27-17)25-9-5-6-16(12-25)24(4)19(26)15-10-21-23(3)11-15/h7-8,10-11,16H,5-6,9,12H2,1-4H3. The molecule has 3 aromatic rings. The van der Waals surface area contributed by atoms with Gasteiger partial charge in [-0.1, -0.05) is 17.4 Å². The van der Waals surface area contributed by atoms with E-state index in [1.54, 1.807) is 28.4 Å². The summed E-state index contributed by atoms with van der Waals surface area (Å²) < 4.78 is 2.90. The Balaban J connectivity index is 1.54. The summed E-state index contributed by atoms with van der Waals surface area (Å²) in [6.45, 7) is 6.08. The third kappa shape index (κ3) is 3.32. The van der Waals surface area contributed by atoms with Crippen LogP contribution in [0, 0.1) is 13.8 Å². The smallest absolute Gasteiger partial charge is 0.257 e. The second-order valence-corrected chi connectivity index (χ2v) is 8.42. The third-order valence-electron chi connectivity index (χ3n) is 5.56. The number of carbonyl (C=O) groups excluding carboxylic acids is 1. The summed E-state index contributed by atoms with van der Waals surface area (Å²) in [5, 5.41) is 5.18. The lowest BCUT2D eigenvalue weighted by Gasteiger charge is -2.37. The van der Waals surface area contributed by atoms with E-state index in [2.05, 4.69) is 36.0 Å². The van der Waals surface area contributed by atoms with Crippen molar-refractivity contribution >= 4 is 32.6 Å². The molecule has 4 rings (SSSR count). The Hall–Kier alpha value is -2.41. The summed E-state index contributed by atoms with van der Waals surface area (Å²) in [5.41, 5.74) is 4.28. The SMILES string of the molecule is Cc1ccc2sc(N3CCCC(N(C)C(=O)c4cnn(C)c4)C3)nc2c1C. The first-order chi connectivity index (χ1) is 12.9. The average Bonchev–Trinajstić information content (AvgIpc) is 3.30. The van der Waals surface area contributed by atoms with Gasteiger partial charge >= 0.3 is 0 Å². The number of rotatable bonds is 3. The van der Waals surface area contributed by atoms with Gasteiger partial charge in [-0.2, -0.15) is 5.10 Å². The van der Waals surface area contributed by atoms with Crippen LogP contribution in [0.1, 0.15) is 34.3 Å². The molecule has 7 heteroatoms. The summed E-state index contributed by atoms with van der Waals surface area (Å²) >= 11 is 1.75. The van der Waals surface area contributed by atoms with Crippen molar-refractivity contribution in [3.05, 3.63) is 41.2 Å². The molecule has 1 amide bonds. The molecule has 0 spiro atoms. The van der Waals surface area contributed by atoms with Gasteiger partial charge in [0.2, 0.25) is 0 Å². The van der Waals surface area contributed by atoms with Gasteiger partial charge in [0, 0.05) is 39.4 Å². The highest BCUT2D eigenvalue weighted by molar-refractivity contribution is 7.22. The molecule has 0 saturated carbocycles. The quantitative estimate of drug-likeness (QED) is 0.696.